The van der Waals surface area contributed by atoms with Crippen molar-refractivity contribution in [3.63, 3.8) is 0 Å². The number of benzene rings is 1. The number of carbonyl (C=O) groups excluding carboxylic acids is 2. The number of ether oxygens (including phenoxy) is 2. The molecule has 3 rings (SSSR count). The highest BCUT2D eigenvalue weighted by atomic mass is 16.6. The van der Waals surface area contributed by atoms with E-state index in [1.807, 2.05) is 23.1 Å². The summed E-state index contributed by atoms with van der Waals surface area (Å²) in [5.74, 6) is 0.273. The summed E-state index contributed by atoms with van der Waals surface area (Å²) in [6.45, 7) is 5.00. The van der Waals surface area contributed by atoms with Gasteiger partial charge in [-0.05, 0) is 24.5 Å². The summed E-state index contributed by atoms with van der Waals surface area (Å²) in [6, 6.07) is 9.23. The summed E-state index contributed by atoms with van der Waals surface area (Å²) in [6.07, 6.45) is 0.640. The van der Waals surface area contributed by atoms with Gasteiger partial charge in [-0.2, -0.15) is 0 Å². The Labute approximate surface area is 130 Å². The Morgan fingerprint density at radius 1 is 1.36 bits per heavy atom. The van der Waals surface area contributed by atoms with E-state index >= 15 is 0 Å². The van der Waals surface area contributed by atoms with Crippen LogP contribution in [0.2, 0.25) is 0 Å². The van der Waals surface area contributed by atoms with Crippen LogP contribution in [0, 0.1) is 11.8 Å². The van der Waals surface area contributed by atoms with Gasteiger partial charge in [0.15, 0.2) is 0 Å². The van der Waals surface area contributed by atoms with Crippen molar-refractivity contribution in [2.75, 3.05) is 13.2 Å². The Kier molecular flexibility index (Phi) is 4.05. The van der Waals surface area contributed by atoms with Crippen molar-refractivity contribution < 1.29 is 19.1 Å². The molecule has 0 bridgehead atoms. The maximum atomic E-state index is 11.9. The number of hydrogen-bond acceptors (Lipinski definition) is 4. The quantitative estimate of drug-likeness (QED) is 0.785. The molecule has 1 saturated heterocycles. The molecule has 3 atom stereocenters. The predicted octanol–water partition coefficient (Wildman–Crippen LogP) is 2.71. The van der Waals surface area contributed by atoms with Crippen LogP contribution in [0.4, 0.5) is 4.79 Å². The number of carbonyl (C=O) groups is 2. The van der Waals surface area contributed by atoms with Crippen LogP contribution in [0.25, 0.3) is 0 Å². The average Bonchev–Trinajstić information content (AvgIpc) is 3.18. The molecule has 1 aromatic carbocycles. The fraction of sp³-hybridized carbons (Fsp3) is 0.529. The molecule has 22 heavy (non-hydrogen) atoms. The third-order valence-electron chi connectivity index (χ3n) is 4.40. The van der Waals surface area contributed by atoms with Gasteiger partial charge >= 0.3 is 12.1 Å². The van der Waals surface area contributed by atoms with E-state index in [9.17, 15) is 9.59 Å². The van der Waals surface area contributed by atoms with Gasteiger partial charge in [0.2, 0.25) is 0 Å². The lowest BCUT2D eigenvalue weighted by molar-refractivity contribution is 0.0474. The lowest BCUT2D eigenvalue weighted by Crippen LogP contribution is -2.39. The van der Waals surface area contributed by atoms with Crippen molar-refractivity contribution in [3.8, 4) is 0 Å². The highest BCUT2D eigenvalue weighted by molar-refractivity contribution is 5.89. The molecule has 5 nitrogen and oxygen atoms in total. The van der Waals surface area contributed by atoms with E-state index in [0.29, 0.717) is 24.7 Å². The van der Waals surface area contributed by atoms with Gasteiger partial charge in [0.05, 0.1) is 18.2 Å². The zero-order chi connectivity index (χ0) is 15.7. The second kappa shape index (κ2) is 5.99. The highest BCUT2D eigenvalue weighted by Crippen LogP contribution is 2.40. The molecule has 1 aromatic rings. The third kappa shape index (κ3) is 2.93. The summed E-state index contributed by atoms with van der Waals surface area (Å²) >= 11 is 0. The average molecular weight is 303 g/mol. The van der Waals surface area contributed by atoms with Crippen molar-refractivity contribution in [2.45, 2.75) is 32.4 Å². The van der Waals surface area contributed by atoms with Gasteiger partial charge in [0.25, 0.3) is 0 Å². The zero-order valence-electron chi connectivity index (χ0n) is 12.9. The predicted molar refractivity (Wildman–Crippen MR) is 80.4 cm³/mol. The maximum absolute atomic E-state index is 11.9. The van der Waals surface area contributed by atoms with E-state index in [2.05, 4.69) is 13.8 Å². The van der Waals surface area contributed by atoms with E-state index in [0.717, 1.165) is 6.42 Å². The number of amides is 1. The molecular weight excluding hydrogens is 282 g/mol. The van der Waals surface area contributed by atoms with Gasteiger partial charge in [-0.15, -0.1) is 0 Å². The van der Waals surface area contributed by atoms with Crippen molar-refractivity contribution in [1.29, 1.82) is 0 Å². The first-order valence-corrected chi connectivity index (χ1v) is 7.75. The second-order valence-electron chi connectivity index (χ2n) is 6.32. The normalized spacial score (nSPS) is 27.0. The van der Waals surface area contributed by atoms with Crippen molar-refractivity contribution >= 4 is 12.1 Å². The molecule has 0 N–H and O–H groups in total. The van der Waals surface area contributed by atoms with Crippen LogP contribution in [0.1, 0.15) is 30.6 Å². The Hall–Kier alpha value is -2.04. The van der Waals surface area contributed by atoms with E-state index in [-0.39, 0.29) is 30.1 Å². The third-order valence-corrected chi connectivity index (χ3v) is 4.40. The van der Waals surface area contributed by atoms with E-state index in [4.69, 9.17) is 9.47 Å². The molecule has 118 valence electrons. The summed E-state index contributed by atoms with van der Waals surface area (Å²) in [5, 5.41) is 0. The molecule has 0 radical (unpaired) electrons. The van der Waals surface area contributed by atoms with Crippen LogP contribution in [0.3, 0.4) is 0 Å². The number of nitrogens with zero attached hydrogens (tertiary/aromatic N) is 1. The minimum absolute atomic E-state index is 0.132. The second-order valence-corrected chi connectivity index (χ2v) is 6.32. The van der Waals surface area contributed by atoms with Crippen molar-refractivity contribution in [1.82, 2.24) is 4.90 Å². The van der Waals surface area contributed by atoms with Gasteiger partial charge in [0.1, 0.15) is 6.61 Å². The molecule has 2 fully saturated rings. The fourth-order valence-electron chi connectivity index (χ4n) is 2.93. The molecule has 0 unspecified atom stereocenters. The molecule has 5 heteroatoms. The molecule has 1 amide bonds. The molecule has 1 saturated carbocycles. The number of esters is 1. The smallest absolute Gasteiger partial charge is 0.410 e. The molecular formula is C17H21NO4. The van der Waals surface area contributed by atoms with Crippen LogP contribution in [-0.4, -0.2) is 42.3 Å². The lowest BCUT2D eigenvalue weighted by atomic mass is 10.0. The van der Waals surface area contributed by atoms with Crippen LogP contribution >= 0.6 is 0 Å². The Morgan fingerprint density at radius 3 is 2.77 bits per heavy atom. The Bertz CT molecular complexity index is 557. The zero-order valence-corrected chi connectivity index (χ0v) is 12.9. The SMILES string of the molecule is CC(C)[C@H]1COC(=O)N1[C@H]1C[C@@H]1COC(=O)c1ccccc1. The van der Waals surface area contributed by atoms with E-state index in [1.54, 1.807) is 12.1 Å². The van der Waals surface area contributed by atoms with Gasteiger partial charge < -0.3 is 9.47 Å². The largest absolute Gasteiger partial charge is 0.462 e. The highest BCUT2D eigenvalue weighted by Gasteiger charge is 2.51. The standard InChI is InChI=1S/C17H21NO4/c1-11(2)15-10-22-17(20)18(15)14-8-13(14)9-21-16(19)12-6-4-3-5-7-12/h3-7,11,13-15H,8-10H2,1-2H3/t13-,14+,15-/m1/s1. The van der Waals surface area contributed by atoms with Gasteiger partial charge in [0, 0.05) is 12.0 Å². The maximum Gasteiger partial charge on any atom is 0.410 e. The van der Waals surface area contributed by atoms with E-state index in [1.165, 1.54) is 0 Å². The van der Waals surface area contributed by atoms with Crippen LogP contribution in [-0.2, 0) is 9.47 Å². The van der Waals surface area contributed by atoms with Gasteiger partial charge in [-0.1, -0.05) is 32.0 Å². The number of cyclic esters (lactones) is 1. The summed E-state index contributed by atoms with van der Waals surface area (Å²) in [4.78, 5) is 25.6. The molecule has 1 heterocycles. The van der Waals surface area contributed by atoms with Crippen molar-refractivity contribution in [3.05, 3.63) is 35.9 Å². The van der Waals surface area contributed by atoms with Crippen LogP contribution in [0.15, 0.2) is 30.3 Å². The number of hydrogen-bond donors (Lipinski definition) is 0. The van der Waals surface area contributed by atoms with Gasteiger partial charge in [-0.25, -0.2) is 9.59 Å². The first kappa shape index (κ1) is 14.9. The first-order valence-electron chi connectivity index (χ1n) is 7.75. The number of rotatable bonds is 5. The van der Waals surface area contributed by atoms with Gasteiger partial charge in [-0.3, -0.25) is 4.90 Å². The molecule has 0 aromatic heterocycles. The minimum atomic E-state index is -0.310. The van der Waals surface area contributed by atoms with Crippen molar-refractivity contribution in [2.24, 2.45) is 11.8 Å². The van der Waals surface area contributed by atoms with E-state index < -0.39 is 0 Å². The summed E-state index contributed by atoms with van der Waals surface area (Å²) < 4.78 is 10.5. The monoisotopic (exact) mass is 303 g/mol. The fourth-order valence-corrected chi connectivity index (χ4v) is 2.93. The Balaban J connectivity index is 1.52. The minimum Gasteiger partial charge on any atom is -0.462 e. The van der Waals surface area contributed by atoms with Crippen LogP contribution in [0.5, 0.6) is 0 Å². The molecule has 1 aliphatic carbocycles. The topological polar surface area (TPSA) is 55.8 Å². The lowest BCUT2D eigenvalue weighted by Gasteiger charge is -2.24. The molecule has 2 aliphatic rings. The first-order chi connectivity index (χ1) is 10.6. The Morgan fingerprint density at radius 2 is 2.09 bits per heavy atom. The summed E-state index contributed by atoms with van der Waals surface area (Å²) in [5.41, 5.74) is 0.556. The van der Waals surface area contributed by atoms with Crippen LogP contribution < -0.4 is 0 Å². The summed E-state index contributed by atoms with van der Waals surface area (Å²) in [7, 11) is 0. The molecule has 0 spiro atoms. The molecule has 1 aliphatic heterocycles.